The molecule has 0 saturated carbocycles. The van der Waals surface area contributed by atoms with Crippen LogP contribution in [-0.2, 0) is 0 Å². The maximum absolute atomic E-state index is 13.7. The molecule has 3 nitrogen and oxygen atoms in total. The van der Waals surface area contributed by atoms with Crippen molar-refractivity contribution in [3.63, 3.8) is 0 Å². The minimum Gasteiger partial charge on any atom is -0.368 e. The summed E-state index contributed by atoms with van der Waals surface area (Å²) in [6, 6.07) is 15.0. The number of rotatable bonds is 2. The molecule has 1 aliphatic rings. The lowest BCUT2D eigenvalue weighted by Crippen LogP contribution is -2.50. The second-order valence-electron chi connectivity index (χ2n) is 5.67. The van der Waals surface area contributed by atoms with Gasteiger partial charge in [0.15, 0.2) is 5.11 Å². The molecule has 1 heterocycles. The predicted molar refractivity (Wildman–Crippen MR) is 97.6 cm³/mol. The van der Waals surface area contributed by atoms with Gasteiger partial charge in [0, 0.05) is 31.9 Å². The van der Waals surface area contributed by atoms with Gasteiger partial charge in [0.2, 0.25) is 0 Å². The Bertz CT molecular complexity index is 696. The average molecular weight is 329 g/mol. The topological polar surface area (TPSA) is 18.5 Å². The van der Waals surface area contributed by atoms with Crippen LogP contribution in [0.2, 0.25) is 0 Å². The zero-order chi connectivity index (χ0) is 16.2. The fourth-order valence-electron chi connectivity index (χ4n) is 2.83. The summed E-state index contributed by atoms with van der Waals surface area (Å²) < 4.78 is 13.7. The predicted octanol–water partition coefficient (Wildman–Crippen LogP) is 3.65. The lowest BCUT2D eigenvalue weighted by molar-refractivity contribution is 0.390. The third-order valence-electron chi connectivity index (χ3n) is 4.14. The van der Waals surface area contributed by atoms with Crippen LogP contribution in [0.4, 0.5) is 15.8 Å². The highest BCUT2D eigenvalue weighted by molar-refractivity contribution is 7.80. The van der Waals surface area contributed by atoms with E-state index in [9.17, 15) is 4.39 Å². The number of halogens is 1. The maximum atomic E-state index is 13.7. The van der Waals surface area contributed by atoms with Crippen LogP contribution in [0.25, 0.3) is 0 Å². The molecule has 3 rings (SSSR count). The van der Waals surface area contributed by atoms with Crippen molar-refractivity contribution in [2.45, 2.75) is 6.92 Å². The monoisotopic (exact) mass is 329 g/mol. The summed E-state index contributed by atoms with van der Waals surface area (Å²) in [5.41, 5.74) is 2.99. The Kier molecular flexibility index (Phi) is 4.76. The van der Waals surface area contributed by atoms with Gasteiger partial charge in [-0.05, 0) is 42.9 Å². The zero-order valence-corrected chi connectivity index (χ0v) is 13.9. The number of nitrogens with one attached hydrogen (secondary N) is 1. The van der Waals surface area contributed by atoms with Gasteiger partial charge in [-0.25, -0.2) is 4.39 Å². The van der Waals surface area contributed by atoms with E-state index in [4.69, 9.17) is 12.2 Å². The molecular formula is C18H20FN3S. The summed E-state index contributed by atoms with van der Waals surface area (Å²) >= 11 is 5.43. The summed E-state index contributed by atoms with van der Waals surface area (Å²) in [5.74, 6) is -0.284. The lowest BCUT2D eigenvalue weighted by atomic mass is 10.1. The normalized spacial score (nSPS) is 14.7. The van der Waals surface area contributed by atoms with Crippen LogP contribution >= 0.6 is 12.2 Å². The summed E-state index contributed by atoms with van der Waals surface area (Å²) in [5, 5.41) is 3.59. The van der Waals surface area contributed by atoms with Gasteiger partial charge in [0.1, 0.15) is 5.82 Å². The quantitative estimate of drug-likeness (QED) is 0.847. The highest BCUT2D eigenvalue weighted by Crippen LogP contribution is 2.21. The Morgan fingerprint density at radius 3 is 2.35 bits per heavy atom. The van der Waals surface area contributed by atoms with E-state index in [1.807, 2.05) is 0 Å². The number of thiocarbonyl (C=S) groups is 1. The number of para-hydroxylation sites is 2. The van der Waals surface area contributed by atoms with Crippen LogP contribution < -0.4 is 10.2 Å². The van der Waals surface area contributed by atoms with Crippen LogP contribution in [0, 0.1) is 12.7 Å². The highest BCUT2D eigenvalue weighted by Gasteiger charge is 2.20. The van der Waals surface area contributed by atoms with Crippen LogP contribution in [-0.4, -0.2) is 36.2 Å². The Balaban J connectivity index is 1.60. The molecule has 5 heteroatoms. The van der Waals surface area contributed by atoms with Crippen molar-refractivity contribution in [2.24, 2.45) is 0 Å². The number of benzene rings is 2. The first-order valence-corrected chi connectivity index (χ1v) is 8.17. The van der Waals surface area contributed by atoms with Gasteiger partial charge in [-0.3, -0.25) is 0 Å². The smallest absolute Gasteiger partial charge is 0.173 e. The fourth-order valence-corrected chi connectivity index (χ4v) is 3.12. The van der Waals surface area contributed by atoms with Crippen LogP contribution in [0.5, 0.6) is 0 Å². The molecule has 2 aromatic carbocycles. The number of anilines is 2. The second-order valence-corrected chi connectivity index (χ2v) is 6.06. The van der Waals surface area contributed by atoms with E-state index in [0.29, 0.717) is 10.8 Å². The Hall–Kier alpha value is -2.14. The Labute approximate surface area is 141 Å². The van der Waals surface area contributed by atoms with Crippen molar-refractivity contribution in [3.05, 3.63) is 59.9 Å². The molecule has 0 aromatic heterocycles. The second kappa shape index (κ2) is 6.96. The minimum atomic E-state index is -0.284. The first kappa shape index (κ1) is 15.7. The molecule has 0 amide bonds. The van der Waals surface area contributed by atoms with Crippen molar-refractivity contribution in [1.29, 1.82) is 0 Å². The lowest BCUT2D eigenvalue weighted by Gasteiger charge is -2.38. The molecule has 1 fully saturated rings. The van der Waals surface area contributed by atoms with E-state index in [0.717, 1.165) is 26.2 Å². The van der Waals surface area contributed by atoms with Gasteiger partial charge in [-0.15, -0.1) is 0 Å². The number of nitrogens with zero attached hydrogens (tertiary/aromatic N) is 2. The van der Waals surface area contributed by atoms with Gasteiger partial charge in [0.05, 0.1) is 5.69 Å². The molecule has 1 N–H and O–H groups in total. The van der Waals surface area contributed by atoms with Crippen molar-refractivity contribution < 1.29 is 4.39 Å². The van der Waals surface area contributed by atoms with Crippen molar-refractivity contribution >= 4 is 28.7 Å². The van der Waals surface area contributed by atoms with Crippen LogP contribution in [0.15, 0.2) is 48.5 Å². The third kappa shape index (κ3) is 3.62. The summed E-state index contributed by atoms with van der Waals surface area (Å²) in [6.07, 6.45) is 0. The molecule has 1 saturated heterocycles. The van der Waals surface area contributed by atoms with E-state index in [1.54, 1.807) is 18.2 Å². The van der Waals surface area contributed by atoms with E-state index in [1.165, 1.54) is 17.3 Å². The first-order chi connectivity index (χ1) is 11.1. The number of hydrogen-bond acceptors (Lipinski definition) is 2. The van der Waals surface area contributed by atoms with Crippen molar-refractivity contribution in [1.82, 2.24) is 4.90 Å². The summed E-state index contributed by atoms with van der Waals surface area (Å²) in [6.45, 7) is 5.60. The largest absolute Gasteiger partial charge is 0.368 e. The molecule has 0 bridgehead atoms. The molecular weight excluding hydrogens is 309 g/mol. The van der Waals surface area contributed by atoms with Gasteiger partial charge < -0.3 is 15.1 Å². The Morgan fingerprint density at radius 1 is 1.00 bits per heavy atom. The van der Waals surface area contributed by atoms with E-state index < -0.39 is 0 Å². The standard InChI is InChI=1S/C18H20FN3S/c1-14-6-2-5-9-17(14)21-10-12-22(13-11-21)18(23)20-16-8-4-3-7-15(16)19/h2-9H,10-13H2,1H3,(H,20,23). The molecule has 120 valence electrons. The van der Waals surface area contributed by atoms with Crippen molar-refractivity contribution in [3.8, 4) is 0 Å². The molecule has 0 radical (unpaired) electrons. The summed E-state index contributed by atoms with van der Waals surface area (Å²) in [4.78, 5) is 4.47. The minimum absolute atomic E-state index is 0.284. The van der Waals surface area contributed by atoms with Gasteiger partial charge >= 0.3 is 0 Å². The molecule has 0 unspecified atom stereocenters. The van der Waals surface area contributed by atoms with Crippen LogP contribution in [0.1, 0.15) is 5.56 Å². The van der Waals surface area contributed by atoms with Gasteiger partial charge in [0.25, 0.3) is 0 Å². The fraction of sp³-hybridized carbons (Fsp3) is 0.278. The first-order valence-electron chi connectivity index (χ1n) is 7.76. The average Bonchev–Trinajstić information content (AvgIpc) is 2.57. The number of hydrogen-bond donors (Lipinski definition) is 1. The SMILES string of the molecule is Cc1ccccc1N1CCN(C(=S)Nc2ccccc2F)CC1. The third-order valence-corrected chi connectivity index (χ3v) is 4.50. The van der Waals surface area contributed by atoms with Gasteiger partial charge in [-0.2, -0.15) is 0 Å². The zero-order valence-electron chi connectivity index (χ0n) is 13.1. The number of aryl methyl sites for hydroxylation is 1. The highest BCUT2D eigenvalue weighted by atomic mass is 32.1. The maximum Gasteiger partial charge on any atom is 0.173 e. The molecule has 2 aromatic rings. The van der Waals surface area contributed by atoms with Gasteiger partial charge in [-0.1, -0.05) is 30.3 Å². The molecule has 23 heavy (non-hydrogen) atoms. The van der Waals surface area contributed by atoms with Crippen LogP contribution in [0.3, 0.4) is 0 Å². The molecule has 0 spiro atoms. The Morgan fingerprint density at radius 2 is 1.65 bits per heavy atom. The molecule has 0 aliphatic carbocycles. The van der Waals surface area contributed by atoms with E-state index in [-0.39, 0.29) is 5.82 Å². The van der Waals surface area contributed by atoms with E-state index in [2.05, 4.69) is 46.3 Å². The summed E-state index contributed by atoms with van der Waals surface area (Å²) in [7, 11) is 0. The van der Waals surface area contributed by atoms with E-state index >= 15 is 0 Å². The number of piperazine rings is 1. The molecule has 0 atom stereocenters. The molecule has 1 aliphatic heterocycles. The van der Waals surface area contributed by atoms with Crippen molar-refractivity contribution in [2.75, 3.05) is 36.4 Å².